The number of halogens is 2. The first-order valence-electron chi connectivity index (χ1n) is 13.2. The summed E-state index contributed by atoms with van der Waals surface area (Å²) in [5.41, 5.74) is 1.77. The highest BCUT2D eigenvalue weighted by molar-refractivity contribution is 7.92. The predicted molar refractivity (Wildman–Crippen MR) is 161 cm³/mol. The smallest absolute Gasteiger partial charge is 0.264 e. The van der Waals surface area contributed by atoms with Crippen molar-refractivity contribution in [2.75, 3.05) is 10.8 Å². The molecule has 1 N–H and O–H groups in total. The predicted octanol–water partition coefficient (Wildman–Crippen LogP) is 6.22. The molecule has 2 atom stereocenters. The van der Waals surface area contributed by atoms with Gasteiger partial charge in [0.2, 0.25) is 11.8 Å². The Balaban J connectivity index is 2.07. The van der Waals surface area contributed by atoms with Crippen LogP contribution in [0.3, 0.4) is 0 Å². The van der Waals surface area contributed by atoms with E-state index in [4.69, 9.17) is 23.2 Å². The fourth-order valence-electron chi connectivity index (χ4n) is 4.23. The van der Waals surface area contributed by atoms with E-state index >= 15 is 0 Å². The van der Waals surface area contributed by atoms with E-state index in [1.54, 1.807) is 54.6 Å². The molecule has 0 radical (unpaired) electrons. The summed E-state index contributed by atoms with van der Waals surface area (Å²) >= 11 is 12.5. The lowest BCUT2D eigenvalue weighted by atomic mass is 10.1. The molecule has 0 unspecified atom stereocenters. The third kappa shape index (κ3) is 7.77. The van der Waals surface area contributed by atoms with Crippen molar-refractivity contribution in [3.8, 4) is 0 Å². The van der Waals surface area contributed by atoms with Gasteiger partial charge >= 0.3 is 0 Å². The Kier molecular flexibility index (Phi) is 11.0. The third-order valence-electron chi connectivity index (χ3n) is 6.64. The number of amides is 2. The lowest BCUT2D eigenvalue weighted by Crippen LogP contribution is -2.53. The van der Waals surface area contributed by atoms with Gasteiger partial charge in [-0.15, -0.1) is 0 Å². The average molecular weight is 605 g/mol. The number of benzene rings is 3. The number of carbonyl (C=O) groups is 2. The fraction of sp³-hybridized carbons (Fsp3) is 0.333. The zero-order chi connectivity index (χ0) is 29.4. The Morgan fingerprint density at radius 1 is 0.925 bits per heavy atom. The van der Waals surface area contributed by atoms with Crippen molar-refractivity contribution in [1.82, 2.24) is 10.2 Å². The van der Waals surface area contributed by atoms with Gasteiger partial charge in [0.15, 0.2) is 0 Å². The summed E-state index contributed by atoms with van der Waals surface area (Å²) in [6.45, 7) is 6.98. The van der Waals surface area contributed by atoms with Crippen molar-refractivity contribution in [1.29, 1.82) is 0 Å². The van der Waals surface area contributed by atoms with E-state index < -0.39 is 28.5 Å². The number of anilines is 1. The summed E-state index contributed by atoms with van der Waals surface area (Å²) in [5, 5.41) is 3.74. The molecule has 2 amide bonds. The maximum Gasteiger partial charge on any atom is 0.264 e. The zero-order valence-electron chi connectivity index (χ0n) is 23.1. The molecule has 7 nitrogen and oxygen atoms in total. The summed E-state index contributed by atoms with van der Waals surface area (Å²) in [4.78, 5) is 28.9. The van der Waals surface area contributed by atoms with E-state index in [1.807, 2.05) is 33.8 Å². The number of nitrogens with one attached hydrogen (secondary N) is 1. The molecule has 0 aliphatic carbocycles. The van der Waals surface area contributed by atoms with Crippen molar-refractivity contribution in [3.05, 3.63) is 94.0 Å². The van der Waals surface area contributed by atoms with Crippen LogP contribution < -0.4 is 9.62 Å². The molecule has 0 heterocycles. The number of rotatable bonds is 12. The highest BCUT2D eigenvalue weighted by Gasteiger charge is 2.34. The third-order valence-corrected chi connectivity index (χ3v) is 9.02. The molecule has 0 aromatic heterocycles. The van der Waals surface area contributed by atoms with E-state index in [2.05, 4.69) is 5.32 Å². The minimum atomic E-state index is -4.12. The van der Waals surface area contributed by atoms with Crippen molar-refractivity contribution in [3.63, 3.8) is 0 Å². The topological polar surface area (TPSA) is 86.8 Å². The van der Waals surface area contributed by atoms with Gasteiger partial charge in [-0.05, 0) is 74.2 Å². The van der Waals surface area contributed by atoms with Crippen molar-refractivity contribution < 1.29 is 18.0 Å². The SMILES string of the molecule is CC[C@@H](C)NC(=O)[C@H](CC)N(Cc1ccc(Cl)cc1Cl)C(=O)CN(c1cccc(C)c1)S(=O)(=O)c1ccccc1. The van der Waals surface area contributed by atoms with Gasteiger partial charge in [0.05, 0.1) is 10.6 Å². The number of nitrogens with zero attached hydrogens (tertiary/aromatic N) is 2. The lowest BCUT2D eigenvalue weighted by molar-refractivity contribution is -0.140. The quantitative estimate of drug-likeness (QED) is 0.266. The highest BCUT2D eigenvalue weighted by atomic mass is 35.5. The number of carbonyl (C=O) groups excluding carboxylic acids is 2. The van der Waals surface area contributed by atoms with Crippen LogP contribution >= 0.6 is 23.2 Å². The van der Waals surface area contributed by atoms with Gasteiger partial charge in [-0.3, -0.25) is 13.9 Å². The Morgan fingerprint density at radius 2 is 1.62 bits per heavy atom. The molecule has 40 heavy (non-hydrogen) atoms. The fourth-order valence-corrected chi connectivity index (χ4v) is 6.12. The van der Waals surface area contributed by atoms with Crippen LogP contribution in [-0.4, -0.2) is 43.8 Å². The Labute approximate surface area is 247 Å². The molecule has 3 rings (SSSR count). The molecular formula is C30H35Cl2N3O4S. The summed E-state index contributed by atoms with van der Waals surface area (Å²) < 4.78 is 28.8. The van der Waals surface area contributed by atoms with Crippen LogP contribution in [0, 0.1) is 6.92 Å². The van der Waals surface area contributed by atoms with Crippen LogP contribution in [0.15, 0.2) is 77.7 Å². The Bertz CT molecular complexity index is 1430. The monoisotopic (exact) mass is 603 g/mol. The van der Waals surface area contributed by atoms with Gasteiger partial charge in [-0.1, -0.05) is 73.4 Å². The highest BCUT2D eigenvalue weighted by Crippen LogP contribution is 2.27. The average Bonchev–Trinajstić information content (AvgIpc) is 2.92. The molecule has 0 spiro atoms. The first kappa shape index (κ1) is 31.5. The van der Waals surface area contributed by atoms with Gasteiger partial charge in [-0.25, -0.2) is 8.42 Å². The number of hydrogen-bond donors (Lipinski definition) is 1. The van der Waals surface area contributed by atoms with E-state index in [-0.39, 0.29) is 23.4 Å². The molecule has 10 heteroatoms. The maximum atomic E-state index is 14.1. The van der Waals surface area contributed by atoms with Crippen LogP contribution in [0.4, 0.5) is 5.69 Å². The largest absolute Gasteiger partial charge is 0.352 e. The molecule has 0 aliphatic heterocycles. The van der Waals surface area contributed by atoms with Gasteiger partial charge in [-0.2, -0.15) is 0 Å². The zero-order valence-corrected chi connectivity index (χ0v) is 25.4. The number of aryl methyl sites for hydroxylation is 1. The first-order chi connectivity index (χ1) is 19.0. The molecule has 3 aromatic rings. The first-order valence-corrected chi connectivity index (χ1v) is 15.4. The molecule has 0 bridgehead atoms. The van der Waals surface area contributed by atoms with Gasteiger partial charge < -0.3 is 10.2 Å². The van der Waals surface area contributed by atoms with Crippen molar-refractivity contribution >= 4 is 50.7 Å². The van der Waals surface area contributed by atoms with Gasteiger partial charge in [0.25, 0.3) is 10.0 Å². The van der Waals surface area contributed by atoms with Crippen LogP contribution in [0.1, 0.15) is 44.7 Å². The molecule has 0 saturated heterocycles. The standard InChI is InChI=1S/C30H35Cl2N3O4S/c1-5-22(4)33-30(37)28(6-2)34(19-23-15-16-24(31)18-27(23)32)29(36)20-35(25-12-10-11-21(3)17-25)40(38,39)26-13-8-7-9-14-26/h7-18,22,28H,5-6,19-20H2,1-4H3,(H,33,37)/t22-,28+/m1/s1. The summed E-state index contributed by atoms with van der Waals surface area (Å²) in [5.74, 6) is -0.860. The summed E-state index contributed by atoms with van der Waals surface area (Å²) in [6.07, 6.45) is 1.03. The summed E-state index contributed by atoms with van der Waals surface area (Å²) in [6, 6.07) is 18.9. The molecule has 0 fully saturated rings. The number of hydrogen-bond acceptors (Lipinski definition) is 4. The van der Waals surface area contributed by atoms with Crippen LogP contribution in [-0.2, 0) is 26.2 Å². The van der Waals surface area contributed by atoms with E-state index in [0.717, 1.165) is 16.3 Å². The Hall–Kier alpha value is -3.07. The van der Waals surface area contributed by atoms with Gasteiger partial charge in [0.1, 0.15) is 12.6 Å². The second-order valence-electron chi connectivity index (χ2n) is 9.66. The molecule has 214 valence electrons. The van der Waals surface area contributed by atoms with E-state index in [1.165, 1.54) is 17.0 Å². The second-order valence-corrected chi connectivity index (χ2v) is 12.4. The molecular weight excluding hydrogens is 569 g/mol. The Morgan fingerprint density at radius 3 is 2.23 bits per heavy atom. The molecule has 0 aliphatic rings. The molecule has 0 saturated carbocycles. The van der Waals surface area contributed by atoms with Crippen LogP contribution in [0.2, 0.25) is 10.0 Å². The van der Waals surface area contributed by atoms with E-state index in [9.17, 15) is 18.0 Å². The molecule has 3 aromatic carbocycles. The van der Waals surface area contributed by atoms with E-state index in [0.29, 0.717) is 27.7 Å². The van der Waals surface area contributed by atoms with Crippen LogP contribution in [0.5, 0.6) is 0 Å². The normalized spacial score (nSPS) is 12.8. The maximum absolute atomic E-state index is 14.1. The minimum Gasteiger partial charge on any atom is -0.352 e. The van der Waals surface area contributed by atoms with Crippen molar-refractivity contribution in [2.45, 2.75) is 64.1 Å². The van der Waals surface area contributed by atoms with Gasteiger partial charge in [0, 0.05) is 22.6 Å². The second kappa shape index (κ2) is 14.0. The van der Waals surface area contributed by atoms with Crippen molar-refractivity contribution in [2.24, 2.45) is 0 Å². The number of sulfonamides is 1. The summed E-state index contributed by atoms with van der Waals surface area (Å²) in [7, 11) is -4.12. The minimum absolute atomic E-state index is 0.00564. The van der Waals surface area contributed by atoms with Crippen LogP contribution in [0.25, 0.3) is 0 Å². The lowest BCUT2D eigenvalue weighted by Gasteiger charge is -2.34.